The molecule has 1 heterocycles. The van der Waals surface area contributed by atoms with Crippen molar-refractivity contribution >= 4 is 0 Å². The Kier molecular flexibility index (Phi) is 2.24. The Labute approximate surface area is 110 Å². The number of nitrogens with zero attached hydrogens (tertiary/aromatic N) is 1. The van der Waals surface area contributed by atoms with Crippen LogP contribution in [0.1, 0.15) is 36.2 Å². The van der Waals surface area contributed by atoms with Crippen molar-refractivity contribution in [2.45, 2.75) is 45.7 Å². The second-order valence-corrected chi connectivity index (χ2v) is 6.85. The van der Waals surface area contributed by atoms with Crippen LogP contribution in [-0.2, 0) is 13.6 Å². The lowest BCUT2D eigenvalue weighted by Gasteiger charge is -2.10. The highest BCUT2D eigenvalue weighted by Gasteiger charge is 2.64. The summed E-state index contributed by atoms with van der Waals surface area (Å²) in [7, 11) is 2.17. The molecule has 0 aliphatic heterocycles. The predicted molar refractivity (Wildman–Crippen MR) is 73.3 cm³/mol. The molecule has 3 aliphatic rings. The highest BCUT2D eigenvalue weighted by Crippen LogP contribution is 2.65. The van der Waals surface area contributed by atoms with Gasteiger partial charge in [0.15, 0.2) is 0 Å². The molecule has 2 nitrogen and oxygen atoms in total. The smallest absolute Gasteiger partial charge is 0.0226 e. The third kappa shape index (κ3) is 1.38. The van der Waals surface area contributed by atoms with Crippen molar-refractivity contribution in [3.8, 4) is 0 Å². The zero-order valence-corrected chi connectivity index (χ0v) is 11.7. The van der Waals surface area contributed by atoms with Gasteiger partial charge in [-0.3, -0.25) is 0 Å². The number of hydrogen-bond acceptors (Lipinski definition) is 1. The first kappa shape index (κ1) is 11.1. The second kappa shape index (κ2) is 3.63. The highest BCUT2D eigenvalue weighted by atomic mass is 15.0. The molecule has 4 unspecified atom stereocenters. The average Bonchev–Trinajstić information content (AvgIpc) is 2.67. The molecule has 0 radical (unpaired) electrons. The van der Waals surface area contributed by atoms with E-state index in [1.54, 1.807) is 6.42 Å². The van der Waals surface area contributed by atoms with Crippen molar-refractivity contribution in [3.63, 3.8) is 0 Å². The first-order valence-corrected chi connectivity index (χ1v) is 7.52. The molecule has 1 N–H and O–H groups in total. The first-order valence-electron chi connectivity index (χ1n) is 7.52. The number of rotatable bonds is 3. The van der Waals surface area contributed by atoms with Crippen LogP contribution < -0.4 is 5.32 Å². The molecular weight excluding hydrogens is 220 g/mol. The average molecular weight is 244 g/mol. The van der Waals surface area contributed by atoms with E-state index in [1.807, 2.05) is 0 Å². The minimum Gasteiger partial charge on any atom is -0.352 e. The van der Waals surface area contributed by atoms with E-state index >= 15 is 0 Å². The number of aromatic nitrogens is 1. The molecule has 0 spiro atoms. The molecule has 4 atom stereocenters. The summed E-state index contributed by atoms with van der Waals surface area (Å²) >= 11 is 0. The molecule has 3 saturated carbocycles. The van der Waals surface area contributed by atoms with Crippen LogP contribution in [0.4, 0.5) is 0 Å². The van der Waals surface area contributed by atoms with Crippen LogP contribution in [0.15, 0.2) is 6.07 Å². The molecule has 98 valence electrons. The summed E-state index contributed by atoms with van der Waals surface area (Å²) < 4.78 is 2.30. The van der Waals surface area contributed by atoms with E-state index in [-0.39, 0.29) is 0 Å². The van der Waals surface area contributed by atoms with Gasteiger partial charge in [-0.05, 0) is 68.4 Å². The molecule has 0 aromatic carbocycles. The zero-order chi connectivity index (χ0) is 12.4. The molecule has 3 aliphatic carbocycles. The van der Waals surface area contributed by atoms with Crippen LogP contribution in [-0.4, -0.2) is 10.6 Å². The number of aryl methyl sites for hydroxylation is 1. The van der Waals surface area contributed by atoms with Crippen LogP contribution in [0.25, 0.3) is 0 Å². The van der Waals surface area contributed by atoms with E-state index < -0.39 is 0 Å². The van der Waals surface area contributed by atoms with E-state index in [9.17, 15) is 0 Å². The second-order valence-electron chi connectivity index (χ2n) is 6.85. The Morgan fingerprint density at radius 2 is 1.89 bits per heavy atom. The summed E-state index contributed by atoms with van der Waals surface area (Å²) in [6.45, 7) is 5.51. The Balaban J connectivity index is 1.42. The molecule has 1 aromatic heterocycles. The molecule has 4 rings (SSSR count). The molecule has 0 saturated heterocycles. The molecular formula is C16H24N2. The number of fused-ring (bicyclic) bond motifs is 5. The summed E-state index contributed by atoms with van der Waals surface area (Å²) in [5.41, 5.74) is 4.29. The van der Waals surface area contributed by atoms with Gasteiger partial charge in [0.2, 0.25) is 0 Å². The normalized spacial score (nSPS) is 40.3. The predicted octanol–water partition coefficient (Wildman–Crippen LogP) is 2.78. The molecule has 2 heteroatoms. The van der Waals surface area contributed by atoms with Crippen molar-refractivity contribution in [1.82, 2.24) is 9.88 Å². The molecule has 0 amide bonds. The Morgan fingerprint density at radius 3 is 2.44 bits per heavy atom. The maximum absolute atomic E-state index is 3.84. The lowest BCUT2D eigenvalue weighted by atomic mass is 10.0. The van der Waals surface area contributed by atoms with E-state index in [4.69, 9.17) is 0 Å². The van der Waals surface area contributed by atoms with Crippen molar-refractivity contribution < 1.29 is 0 Å². The van der Waals surface area contributed by atoms with Gasteiger partial charge in [-0.2, -0.15) is 0 Å². The Bertz CT molecular complexity index is 472. The van der Waals surface area contributed by atoms with Crippen LogP contribution in [0.2, 0.25) is 0 Å². The lowest BCUT2D eigenvalue weighted by Crippen LogP contribution is -2.22. The van der Waals surface area contributed by atoms with Gasteiger partial charge >= 0.3 is 0 Å². The van der Waals surface area contributed by atoms with Crippen LogP contribution >= 0.6 is 0 Å². The van der Waals surface area contributed by atoms with Gasteiger partial charge < -0.3 is 9.88 Å². The summed E-state index contributed by atoms with van der Waals surface area (Å²) in [6.07, 6.45) is 4.60. The maximum Gasteiger partial charge on any atom is 0.0226 e. The third-order valence-electron chi connectivity index (χ3n) is 6.14. The third-order valence-corrected chi connectivity index (χ3v) is 6.14. The largest absolute Gasteiger partial charge is 0.352 e. The van der Waals surface area contributed by atoms with Gasteiger partial charge in [0.25, 0.3) is 0 Å². The fraction of sp³-hybridized carbons (Fsp3) is 0.750. The minimum absolute atomic E-state index is 0.858. The summed E-state index contributed by atoms with van der Waals surface area (Å²) in [5, 5.41) is 3.84. The SMILES string of the molecule is Cc1cc(CNC2C3C4CCC(C4)C23)c(C)n1C. The van der Waals surface area contributed by atoms with Crippen molar-refractivity contribution in [2.75, 3.05) is 0 Å². The molecule has 3 fully saturated rings. The molecule has 18 heavy (non-hydrogen) atoms. The summed E-state index contributed by atoms with van der Waals surface area (Å²) in [4.78, 5) is 0. The first-order chi connectivity index (χ1) is 8.66. The zero-order valence-electron chi connectivity index (χ0n) is 11.7. The Morgan fingerprint density at radius 1 is 1.22 bits per heavy atom. The van der Waals surface area contributed by atoms with E-state index in [1.165, 1.54) is 29.8 Å². The minimum atomic E-state index is 0.858. The maximum atomic E-state index is 3.84. The fourth-order valence-electron chi connectivity index (χ4n) is 4.94. The molecule has 1 aromatic rings. The van der Waals surface area contributed by atoms with E-state index in [0.29, 0.717) is 0 Å². The van der Waals surface area contributed by atoms with Crippen molar-refractivity contribution in [3.05, 3.63) is 23.0 Å². The van der Waals surface area contributed by atoms with Gasteiger partial charge in [-0.1, -0.05) is 0 Å². The van der Waals surface area contributed by atoms with Gasteiger partial charge in [0.1, 0.15) is 0 Å². The van der Waals surface area contributed by atoms with Crippen LogP contribution in [0, 0.1) is 37.5 Å². The van der Waals surface area contributed by atoms with Crippen LogP contribution in [0.5, 0.6) is 0 Å². The van der Waals surface area contributed by atoms with Crippen LogP contribution in [0.3, 0.4) is 0 Å². The fourth-order valence-corrected chi connectivity index (χ4v) is 4.94. The molecule has 2 bridgehead atoms. The Hall–Kier alpha value is -0.760. The highest BCUT2D eigenvalue weighted by molar-refractivity contribution is 5.27. The van der Waals surface area contributed by atoms with Gasteiger partial charge in [-0.15, -0.1) is 0 Å². The summed E-state index contributed by atoms with van der Waals surface area (Å²) in [6, 6.07) is 3.20. The van der Waals surface area contributed by atoms with Crippen molar-refractivity contribution in [1.29, 1.82) is 0 Å². The van der Waals surface area contributed by atoms with Gasteiger partial charge in [-0.25, -0.2) is 0 Å². The topological polar surface area (TPSA) is 17.0 Å². The van der Waals surface area contributed by atoms with Gasteiger partial charge in [0, 0.05) is 31.0 Å². The summed E-state index contributed by atoms with van der Waals surface area (Å²) in [5.74, 6) is 4.26. The van der Waals surface area contributed by atoms with Gasteiger partial charge in [0.05, 0.1) is 0 Å². The quantitative estimate of drug-likeness (QED) is 0.865. The number of nitrogens with one attached hydrogen (secondary N) is 1. The lowest BCUT2D eigenvalue weighted by molar-refractivity contribution is 0.456. The van der Waals surface area contributed by atoms with Crippen molar-refractivity contribution in [2.24, 2.45) is 30.7 Å². The van der Waals surface area contributed by atoms with E-state index in [0.717, 1.165) is 36.3 Å². The van der Waals surface area contributed by atoms with E-state index in [2.05, 4.69) is 36.8 Å². The standard InChI is InChI=1S/C16H24N2/c1-9-6-13(10(2)18(9)3)8-17-16-14-11-4-5-12(7-11)15(14)16/h6,11-12,14-17H,4-5,7-8H2,1-3H3. The number of hydrogen-bond donors (Lipinski definition) is 1. The monoisotopic (exact) mass is 244 g/mol.